The zero-order chi connectivity index (χ0) is 22.0. The second-order valence-electron chi connectivity index (χ2n) is 7.64. The molecule has 7 nitrogen and oxygen atoms in total. The van der Waals surface area contributed by atoms with Gasteiger partial charge in [0.05, 0.1) is 23.0 Å². The Morgan fingerprint density at radius 3 is 2.74 bits per heavy atom. The lowest BCUT2D eigenvalue weighted by Gasteiger charge is -2.24. The van der Waals surface area contributed by atoms with Gasteiger partial charge in [-0.15, -0.1) is 11.3 Å². The number of thiazole rings is 1. The number of nitrogens with zero attached hydrogens (tertiary/aromatic N) is 3. The van der Waals surface area contributed by atoms with E-state index in [2.05, 4.69) is 4.98 Å². The number of aromatic nitrogens is 2. The van der Waals surface area contributed by atoms with Crippen molar-refractivity contribution in [2.45, 2.75) is 25.3 Å². The number of benzene rings is 1. The molecular weight excluding hydrogens is 414 g/mol. The second-order valence-corrected chi connectivity index (χ2v) is 8.76. The van der Waals surface area contributed by atoms with E-state index >= 15 is 0 Å². The van der Waals surface area contributed by atoms with Crippen LogP contribution in [0, 0.1) is 0 Å². The van der Waals surface area contributed by atoms with Gasteiger partial charge in [0.1, 0.15) is 10.8 Å². The van der Waals surface area contributed by atoms with Crippen LogP contribution in [0.5, 0.6) is 5.75 Å². The predicted octanol–water partition coefficient (Wildman–Crippen LogP) is 3.41. The van der Waals surface area contributed by atoms with Gasteiger partial charge >= 0.3 is 0 Å². The number of carbonyl (C=O) groups excluding carboxylic acids is 3. The van der Waals surface area contributed by atoms with Gasteiger partial charge in [-0.2, -0.15) is 0 Å². The minimum atomic E-state index is -0.309. The smallest absolute Gasteiger partial charge is 0.259 e. The van der Waals surface area contributed by atoms with Crippen molar-refractivity contribution in [3.8, 4) is 16.2 Å². The number of ketones is 2. The van der Waals surface area contributed by atoms with E-state index in [0.717, 1.165) is 15.4 Å². The fraction of sp³-hybridized carbons (Fsp3) is 0.304. The molecule has 0 spiro atoms. The van der Waals surface area contributed by atoms with E-state index in [4.69, 9.17) is 4.74 Å². The van der Waals surface area contributed by atoms with Gasteiger partial charge in [0.15, 0.2) is 18.2 Å². The average Bonchev–Trinajstić information content (AvgIpc) is 3.43. The highest BCUT2D eigenvalue weighted by Crippen LogP contribution is 2.31. The fourth-order valence-electron chi connectivity index (χ4n) is 3.53. The average molecular weight is 438 g/mol. The predicted molar refractivity (Wildman–Crippen MR) is 117 cm³/mol. The summed E-state index contributed by atoms with van der Waals surface area (Å²) in [6, 6.07) is 10.7. The third kappa shape index (κ3) is 4.59. The van der Waals surface area contributed by atoms with Crippen LogP contribution in [0.2, 0.25) is 0 Å². The first-order chi connectivity index (χ1) is 14.9. The summed E-state index contributed by atoms with van der Waals surface area (Å²) in [6.45, 7) is -0.00492. The summed E-state index contributed by atoms with van der Waals surface area (Å²) in [7, 11) is 3.37. The van der Waals surface area contributed by atoms with Gasteiger partial charge in [-0.25, -0.2) is 4.98 Å². The molecule has 0 saturated carbocycles. The molecule has 1 aliphatic rings. The Labute approximate surface area is 184 Å². The van der Waals surface area contributed by atoms with Crippen molar-refractivity contribution in [2.24, 2.45) is 0 Å². The third-order valence-corrected chi connectivity index (χ3v) is 6.34. The molecule has 4 rings (SSSR count). The Balaban J connectivity index is 1.40. The first-order valence-corrected chi connectivity index (χ1v) is 10.8. The van der Waals surface area contributed by atoms with Gasteiger partial charge in [-0.1, -0.05) is 0 Å². The van der Waals surface area contributed by atoms with Gasteiger partial charge in [-0.05, 0) is 48.4 Å². The van der Waals surface area contributed by atoms with Crippen molar-refractivity contribution in [3.05, 3.63) is 59.5 Å². The summed E-state index contributed by atoms with van der Waals surface area (Å²) < 4.78 is 7.29. The summed E-state index contributed by atoms with van der Waals surface area (Å²) in [5.74, 6) is 0.674. The van der Waals surface area contributed by atoms with Crippen molar-refractivity contribution >= 4 is 28.8 Å². The summed E-state index contributed by atoms with van der Waals surface area (Å²) in [5.41, 5.74) is 1.58. The highest BCUT2D eigenvalue weighted by molar-refractivity contribution is 7.15. The molecule has 3 aromatic rings. The van der Waals surface area contributed by atoms with Crippen LogP contribution in [0.25, 0.3) is 10.4 Å². The summed E-state index contributed by atoms with van der Waals surface area (Å²) in [5, 5.41) is 0.752. The Hall–Kier alpha value is -3.26. The molecule has 1 aliphatic heterocycles. The Kier molecular flexibility index (Phi) is 5.99. The number of amides is 1. The molecule has 0 N–H and O–H groups in total. The minimum Gasteiger partial charge on any atom is -0.484 e. The molecule has 31 heavy (non-hydrogen) atoms. The molecule has 2 aromatic heterocycles. The highest BCUT2D eigenvalue weighted by atomic mass is 32.1. The maximum absolute atomic E-state index is 12.9. The Morgan fingerprint density at radius 2 is 2.00 bits per heavy atom. The molecule has 0 bridgehead atoms. The summed E-state index contributed by atoms with van der Waals surface area (Å²) >= 11 is 1.48. The zero-order valence-corrected chi connectivity index (χ0v) is 18.2. The van der Waals surface area contributed by atoms with Crippen LogP contribution >= 0.6 is 11.3 Å². The van der Waals surface area contributed by atoms with Crippen LogP contribution in [-0.2, 0) is 16.0 Å². The molecule has 0 aliphatic carbocycles. The number of Topliss-reactive ketones (excluding diaryl/α,β-unsaturated/α-hetero) is 2. The standard InChI is InChI=1S/C23H23N3O4S/c1-25(2)23(29)14-30-16-7-5-15(6-8-16)21-13-24-22(31-21)12-20(28)18-9-10-19(27)17-4-3-11-26(17)18/h3-8,11,13,18H,9-10,12,14H2,1-2H3. The monoisotopic (exact) mass is 437 g/mol. The Bertz CT molecular complexity index is 1110. The SMILES string of the molecule is CN(C)C(=O)COc1ccc(-c2cnc(CC(=O)C3CCC(=O)c4cccn43)s2)cc1. The summed E-state index contributed by atoms with van der Waals surface area (Å²) in [6.07, 6.45) is 4.75. The molecule has 0 fully saturated rings. The second kappa shape index (κ2) is 8.85. The number of carbonyl (C=O) groups is 3. The number of likely N-dealkylation sites (N-methyl/N-ethyl adjacent to an activating group) is 1. The molecule has 1 amide bonds. The number of rotatable bonds is 7. The molecule has 160 valence electrons. The van der Waals surface area contributed by atoms with Crippen LogP contribution in [0.4, 0.5) is 0 Å². The largest absolute Gasteiger partial charge is 0.484 e. The molecule has 1 aromatic carbocycles. The lowest BCUT2D eigenvalue weighted by molar-refractivity contribution is -0.130. The van der Waals surface area contributed by atoms with Crippen molar-refractivity contribution in [1.29, 1.82) is 0 Å². The van der Waals surface area contributed by atoms with Gasteiger partial charge in [0.25, 0.3) is 5.91 Å². The molecule has 3 heterocycles. The highest BCUT2D eigenvalue weighted by Gasteiger charge is 2.29. The van der Waals surface area contributed by atoms with Crippen molar-refractivity contribution in [2.75, 3.05) is 20.7 Å². The van der Waals surface area contributed by atoms with Gasteiger partial charge < -0.3 is 14.2 Å². The van der Waals surface area contributed by atoms with Gasteiger partial charge in [0, 0.05) is 32.9 Å². The molecule has 8 heteroatoms. The number of hydrogen-bond acceptors (Lipinski definition) is 6. The van der Waals surface area contributed by atoms with Gasteiger partial charge in [-0.3, -0.25) is 14.4 Å². The minimum absolute atomic E-state index is 0.00492. The quantitative estimate of drug-likeness (QED) is 0.566. The van der Waals surface area contributed by atoms with Crippen LogP contribution < -0.4 is 4.74 Å². The maximum Gasteiger partial charge on any atom is 0.259 e. The van der Waals surface area contributed by atoms with Crippen LogP contribution in [-0.4, -0.2) is 52.6 Å². The van der Waals surface area contributed by atoms with Gasteiger partial charge in [0.2, 0.25) is 0 Å². The van der Waals surface area contributed by atoms with Crippen LogP contribution in [0.1, 0.15) is 34.4 Å². The molecule has 0 saturated heterocycles. The number of fused-ring (bicyclic) bond motifs is 1. The van der Waals surface area contributed by atoms with E-state index in [-0.39, 0.29) is 36.5 Å². The lowest BCUT2D eigenvalue weighted by atomic mass is 9.97. The molecular formula is C23H23N3O4S. The van der Waals surface area contributed by atoms with E-state index in [1.807, 2.05) is 30.3 Å². The maximum atomic E-state index is 12.9. The van der Waals surface area contributed by atoms with E-state index < -0.39 is 0 Å². The van der Waals surface area contributed by atoms with E-state index in [9.17, 15) is 14.4 Å². The summed E-state index contributed by atoms with van der Waals surface area (Å²) in [4.78, 5) is 43.4. The number of ether oxygens (including phenoxy) is 1. The van der Waals surface area contributed by atoms with Crippen LogP contribution in [0.15, 0.2) is 48.8 Å². The van der Waals surface area contributed by atoms with Crippen molar-refractivity contribution < 1.29 is 19.1 Å². The third-order valence-electron chi connectivity index (χ3n) is 5.30. The first kappa shape index (κ1) is 21.0. The molecule has 1 atom stereocenters. The zero-order valence-electron chi connectivity index (χ0n) is 17.4. The molecule has 1 unspecified atom stereocenters. The van der Waals surface area contributed by atoms with Crippen molar-refractivity contribution in [3.63, 3.8) is 0 Å². The van der Waals surface area contributed by atoms with Crippen LogP contribution in [0.3, 0.4) is 0 Å². The topological polar surface area (TPSA) is 81.5 Å². The first-order valence-electron chi connectivity index (χ1n) is 10.0. The van der Waals surface area contributed by atoms with Crippen molar-refractivity contribution in [1.82, 2.24) is 14.5 Å². The normalized spacial score (nSPS) is 15.4. The molecule has 0 radical (unpaired) electrons. The number of hydrogen-bond donors (Lipinski definition) is 0. The van der Waals surface area contributed by atoms with E-state index in [1.165, 1.54) is 16.2 Å². The lowest BCUT2D eigenvalue weighted by Crippen LogP contribution is -2.28. The Morgan fingerprint density at radius 1 is 1.23 bits per heavy atom. The fourth-order valence-corrected chi connectivity index (χ4v) is 4.47. The van der Waals surface area contributed by atoms with E-state index in [1.54, 1.807) is 37.1 Å². The van der Waals surface area contributed by atoms with E-state index in [0.29, 0.717) is 24.3 Å².